The minimum absolute atomic E-state index is 0.0908. The number of sulfonamides is 1. The fourth-order valence-electron chi connectivity index (χ4n) is 2.75. The van der Waals surface area contributed by atoms with Crippen LogP contribution in [0.5, 0.6) is 0 Å². The number of carbonyl (C=O) groups excluding carboxylic acids is 1. The Balaban J connectivity index is 2.37. The van der Waals surface area contributed by atoms with Crippen molar-refractivity contribution in [2.45, 2.75) is 44.1 Å². The van der Waals surface area contributed by atoms with Gasteiger partial charge in [0.25, 0.3) is 0 Å². The lowest BCUT2D eigenvalue weighted by atomic mass is 9.87. The average molecular weight is 231 g/mol. The lowest BCUT2D eigenvalue weighted by Gasteiger charge is -2.31. The van der Waals surface area contributed by atoms with Gasteiger partial charge in [-0.3, -0.25) is 4.79 Å². The number of hydrogen-bond acceptors (Lipinski definition) is 3. The highest BCUT2D eigenvalue weighted by Gasteiger charge is 2.53. The van der Waals surface area contributed by atoms with Crippen molar-refractivity contribution in [3.63, 3.8) is 0 Å². The molecule has 1 spiro atoms. The standard InChI is InChI=1S/C10H17NO3S/c1-11-10(6-4-2-3-5-7-10)9(12)8-15(11,13)14/h2-8H2,1H3. The number of ketones is 1. The molecule has 0 radical (unpaired) electrons. The van der Waals surface area contributed by atoms with E-state index in [2.05, 4.69) is 0 Å². The first kappa shape index (κ1) is 11.1. The topological polar surface area (TPSA) is 54.5 Å². The van der Waals surface area contributed by atoms with Crippen molar-refractivity contribution in [1.29, 1.82) is 0 Å². The van der Waals surface area contributed by atoms with Crippen LogP contribution in [0, 0.1) is 0 Å². The summed E-state index contributed by atoms with van der Waals surface area (Å²) in [6.07, 6.45) is 5.58. The van der Waals surface area contributed by atoms with Gasteiger partial charge in [-0.2, -0.15) is 4.31 Å². The van der Waals surface area contributed by atoms with E-state index in [-0.39, 0.29) is 11.5 Å². The summed E-state index contributed by atoms with van der Waals surface area (Å²) >= 11 is 0. The highest BCUT2D eigenvalue weighted by atomic mass is 32.2. The van der Waals surface area contributed by atoms with Crippen molar-refractivity contribution < 1.29 is 13.2 Å². The molecule has 0 aromatic carbocycles. The highest BCUT2D eigenvalue weighted by molar-refractivity contribution is 7.90. The largest absolute Gasteiger partial charge is 0.296 e. The van der Waals surface area contributed by atoms with Crippen LogP contribution in [0.3, 0.4) is 0 Å². The number of likely N-dealkylation sites (N-methyl/N-ethyl adjacent to an activating group) is 1. The van der Waals surface area contributed by atoms with E-state index in [1.807, 2.05) is 0 Å². The second-order valence-electron chi connectivity index (χ2n) is 4.59. The average Bonchev–Trinajstić information content (AvgIpc) is 2.39. The van der Waals surface area contributed by atoms with Crippen LogP contribution in [0.4, 0.5) is 0 Å². The van der Waals surface area contributed by atoms with Gasteiger partial charge in [0, 0.05) is 7.05 Å². The first-order chi connectivity index (χ1) is 6.99. The Labute approximate surface area is 90.7 Å². The van der Waals surface area contributed by atoms with Crippen molar-refractivity contribution in [2.75, 3.05) is 12.8 Å². The van der Waals surface area contributed by atoms with Gasteiger partial charge < -0.3 is 0 Å². The van der Waals surface area contributed by atoms with E-state index in [0.717, 1.165) is 25.7 Å². The van der Waals surface area contributed by atoms with E-state index >= 15 is 0 Å². The molecule has 1 aliphatic carbocycles. The molecule has 0 aromatic rings. The summed E-state index contributed by atoms with van der Waals surface area (Å²) in [6, 6.07) is 0. The van der Waals surface area contributed by atoms with Crippen LogP contribution in [-0.2, 0) is 14.8 Å². The molecule has 2 rings (SSSR count). The number of nitrogens with zero attached hydrogens (tertiary/aromatic N) is 1. The van der Waals surface area contributed by atoms with Crippen LogP contribution in [0.2, 0.25) is 0 Å². The molecule has 1 saturated carbocycles. The molecule has 1 heterocycles. The van der Waals surface area contributed by atoms with Gasteiger partial charge in [-0.05, 0) is 12.8 Å². The Hall–Kier alpha value is -0.420. The molecule has 86 valence electrons. The molecule has 0 N–H and O–H groups in total. The minimum atomic E-state index is -3.31. The van der Waals surface area contributed by atoms with Crippen LogP contribution in [0.25, 0.3) is 0 Å². The van der Waals surface area contributed by atoms with Gasteiger partial charge in [0.2, 0.25) is 10.0 Å². The fourth-order valence-corrected chi connectivity index (χ4v) is 4.36. The molecule has 0 bridgehead atoms. The van der Waals surface area contributed by atoms with Crippen molar-refractivity contribution >= 4 is 15.8 Å². The zero-order valence-corrected chi connectivity index (χ0v) is 9.85. The van der Waals surface area contributed by atoms with E-state index in [0.29, 0.717) is 12.8 Å². The maximum Gasteiger partial charge on any atom is 0.221 e. The Morgan fingerprint density at radius 2 is 1.67 bits per heavy atom. The highest BCUT2D eigenvalue weighted by Crippen LogP contribution is 2.38. The van der Waals surface area contributed by atoms with E-state index < -0.39 is 15.6 Å². The van der Waals surface area contributed by atoms with Crippen molar-refractivity contribution in [3.8, 4) is 0 Å². The SMILES string of the molecule is CN1C2(CCCCCC2)C(=O)CS1(=O)=O. The third kappa shape index (κ3) is 1.61. The summed E-state index contributed by atoms with van der Waals surface area (Å²) in [5.41, 5.74) is -0.685. The smallest absolute Gasteiger partial charge is 0.221 e. The zero-order chi connectivity index (χ0) is 11.1. The molecule has 1 saturated heterocycles. The third-order valence-electron chi connectivity index (χ3n) is 3.78. The summed E-state index contributed by atoms with van der Waals surface area (Å²) in [5, 5.41) is 0. The Morgan fingerprint density at radius 1 is 1.13 bits per heavy atom. The molecule has 1 aliphatic heterocycles. The predicted molar refractivity (Wildman–Crippen MR) is 57.0 cm³/mol. The van der Waals surface area contributed by atoms with E-state index in [1.165, 1.54) is 4.31 Å². The first-order valence-corrected chi connectivity index (χ1v) is 7.10. The summed E-state index contributed by atoms with van der Waals surface area (Å²) in [6.45, 7) is 0. The summed E-state index contributed by atoms with van der Waals surface area (Å²) in [4.78, 5) is 11.9. The molecule has 0 amide bonds. The van der Waals surface area contributed by atoms with E-state index in [9.17, 15) is 13.2 Å². The molecular weight excluding hydrogens is 214 g/mol. The number of Topliss-reactive ketones (excluding diaryl/α,β-unsaturated/α-hetero) is 1. The molecule has 0 unspecified atom stereocenters. The normalized spacial score (nSPS) is 30.6. The van der Waals surface area contributed by atoms with Crippen molar-refractivity contribution in [2.24, 2.45) is 0 Å². The molecule has 2 aliphatic rings. The predicted octanol–water partition coefficient (Wildman–Crippen LogP) is 0.924. The Bertz CT molecular complexity index is 366. The molecule has 4 nitrogen and oxygen atoms in total. The first-order valence-electron chi connectivity index (χ1n) is 5.49. The van der Waals surface area contributed by atoms with Gasteiger partial charge in [0.1, 0.15) is 5.75 Å². The van der Waals surface area contributed by atoms with E-state index in [4.69, 9.17) is 0 Å². The van der Waals surface area contributed by atoms with Gasteiger partial charge in [-0.1, -0.05) is 25.7 Å². The molecule has 2 fully saturated rings. The van der Waals surface area contributed by atoms with Crippen LogP contribution in [0.1, 0.15) is 38.5 Å². The maximum atomic E-state index is 11.9. The van der Waals surface area contributed by atoms with Crippen LogP contribution in [-0.4, -0.2) is 36.8 Å². The van der Waals surface area contributed by atoms with Gasteiger partial charge in [-0.15, -0.1) is 0 Å². The number of carbonyl (C=O) groups is 1. The molecule has 0 aromatic heterocycles. The lowest BCUT2D eigenvalue weighted by Crippen LogP contribution is -2.47. The number of rotatable bonds is 0. The van der Waals surface area contributed by atoms with Gasteiger partial charge in [-0.25, -0.2) is 8.42 Å². The quantitative estimate of drug-likeness (QED) is 0.623. The monoisotopic (exact) mass is 231 g/mol. The second-order valence-corrected chi connectivity index (χ2v) is 6.59. The summed E-state index contributed by atoms with van der Waals surface area (Å²) in [7, 11) is -1.75. The van der Waals surface area contributed by atoms with Crippen LogP contribution >= 0.6 is 0 Å². The van der Waals surface area contributed by atoms with Crippen LogP contribution in [0.15, 0.2) is 0 Å². The summed E-state index contributed by atoms with van der Waals surface area (Å²) in [5.74, 6) is -0.379. The molecule has 5 heteroatoms. The van der Waals surface area contributed by atoms with Gasteiger partial charge in [0.15, 0.2) is 5.78 Å². The second kappa shape index (κ2) is 3.56. The minimum Gasteiger partial charge on any atom is -0.296 e. The Kier molecular flexibility index (Phi) is 2.63. The fraction of sp³-hybridized carbons (Fsp3) is 0.900. The molecular formula is C10H17NO3S. The summed E-state index contributed by atoms with van der Waals surface area (Å²) < 4.78 is 24.7. The van der Waals surface area contributed by atoms with Gasteiger partial charge in [0.05, 0.1) is 5.54 Å². The lowest BCUT2D eigenvalue weighted by molar-refractivity contribution is -0.124. The van der Waals surface area contributed by atoms with Crippen LogP contribution < -0.4 is 0 Å². The van der Waals surface area contributed by atoms with Crippen molar-refractivity contribution in [3.05, 3.63) is 0 Å². The molecule has 15 heavy (non-hydrogen) atoms. The number of hydrogen-bond donors (Lipinski definition) is 0. The Morgan fingerprint density at radius 3 is 2.07 bits per heavy atom. The third-order valence-corrected chi connectivity index (χ3v) is 5.59. The van der Waals surface area contributed by atoms with E-state index in [1.54, 1.807) is 7.05 Å². The maximum absolute atomic E-state index is 11.9. The van der Waals surface area contributed by atoms with Gasteiger partial charge >= 0.3 is 0 Å². The van der Waals surface area contributed by atoms with Crippen molar-refractivity contribution in [1.82, 2.24) is 4.31 Å². The molecule has 0 atom stereocenters. The zero-order valence-electron chi connectivity index (χ0n) is 9.03.